The topological polar surface area (TPSA) is 86.3 Å². The Morgan fingerprint density at radius 3 is 2.48 bits per heavy atom. The van der Waals surface area contributed by atoms with Crippen LogP contribution in [0.25, 0.3) is 10.2 Å². The molecule has 3 aromatic carbocycles. The number of alkyl halides is 3. The summed E-state index contributed by atoms with van der Waals surface area (Å²) >= 11 is 4.27. The molecule has 3 N–H and O–H groups in total. The van der Waals surface area contributed by atoms with Crippen LogP contribution in [0.4, 0.5) is 24.5 Å². The molecular weight excluding hydrogens is 521 g/mol. The maximum Gasteiger partial charge on any atom is 0.418 e. The van der Waals surface area contributed by atoms with Crippen LogP contribution in [-0.2, 0) is 6.18 Å². The lowest BCUT2D eigenvalue weighted by molar-refractivity contribution is -0.137. The van der Waals surface area contributed by atoms with Crippen molar-refractivity contribution in [1.82, 2.24) is 10.3 Å². The lowest BCUT2D eigenvalue weighted by atomic mass is 10.2. The number of carbonyl (C=O) groups excluding carboxylic acids is 1. The second-order valence-corrected chi connectivity index (χ2v) is 8.72. The number of H-pyrrole nitrogens is 1. The predicted octanol–water partition coefficient (Wildman–Crippen LogP) is 5.90. The molecule has 0 atom stereocenters. The van der Waals surface area contributed by atoms with Gasteiger partial charge in [-0.15, -0.1) is 0 Å². The number of amides is 1. The van der Waals surface area contributed by atoms with Gasteiger partial charge in [-0.2, -0.15) is 13.2 Å². The highest BCUT2D eigenvalue weighted by molar-refractivity contribution is 9.10. The summed E-state index contributed by atoms with van der Waals surface area (Å²) in [5, 5.41) is 5.38. The Balaban J connectivity index is 1.72. The van der Waals surface area contributed by atoms with Crippen LogP contribution in [-0.4, -0.2) is 16.9 Å². The molecule has 0 aliphatic rings. The first kappa shape index (κ1) is 22.7. The highest BCUT2D eigenvalue weighted by Crippen LogP contribution is 2.36. The summed E-state index contributed by atoms with van der Waals surface area (Å²) in [7, 11) is 0. The average molecular weight is 535 g/mol. The number of carbonyl (C=O) groups is 1. The van der Waals surface area contributed by atoms with Crippen molar-refractivity contribution in [3.05, 3.63) is 92.0 Å². The number of nitrogens with zero attached hydrogens (tertiary/aromatic N) is 1. The second kappa shape index (κ2) is 9.20. The fraction of sp³-hybridized carbons (Fsp3) is 0.0455. The Morgan fingerprint density at radius 1 is 1.03 bits per heavy atom. The molecule has 0 saturated heterocycles. The summed E-state index contributed by atoms with van der Waals surface area (Å²) in [6.07, 6.45) is -4.63. The van der Waals surface area contributed by atoms with Crippen molar-refractivity contribution in [2.75, 3.05) is 5.32 Å². The molecule has 1 heterocycles. The van der Waals surface area contributed by atoms with Gasteiger partial charge in [0.1, 0.15) is 0 Å². The first-order valence-corrected chi connectivity index (χ1v) is 11.0. The number of nitrogens with one attached hydrogen (secondary N) is 3. The fourth-order valence-electron chi connectivity index (χ4n) is 2.96. The summed E-state index contributed by atoms with van der Waals surface area (Å²) in [5.41, 5.74) is 0.0287. The van der Waals surface area contributed by atoms with E-state index in [1.807, 2.05) is 0 Å². The van der Waals surface area contributed by atoms with E-state index in [-0.39, 0.29) is 22.1 Å². The molecule has 0 saturated carbocycles. The van der Waals surface area contributed by atoms with Crippen molar-refractivity contribution in [1.29, 1.82) is 0 Å². The predicted molar refractivity (Wildman–Crippen MR) is 126 cm³/mol. The Bertz CT molecular complexity index is 1410. The molecule has 1 aromatic heterocycles. The van der Waals surface area contributed by atoms with Crippen LogP contribution in [0, 0.1) is 0 Å². The van der Waals surface area contributed by atoms with Gasteiger partial charge in [0.05, 0.1) is 21.5 Å². The molecule has 11 heteroatoms. The first-order chi connectivity index (χ1) is 15.7. The molecule has 6 nitrogen and oxygen atoms in total. The van der Waals surface area contributed by atoms with Crippen LogP contribution >= 0.6 is 27.3 Å². The van der Waals surface area contributed by atoms with E-state index in [0.29, 0.717) is 15.9 Å². The molecule has 168 valence electrons. The molecule has 0 aliphatic carbocycles. The number of aromatic amines is 1. The second-order valence-electron chi connectivity index (χ2n) is 6.79. The molecular formula is C22H14BrF3N4O2S. The van der Waals surface area contributed by atoms with Crippen LogP contribution in [0.2, 0.25) is 0 Å². The molecule has 0 spiro atoms. The van der Waals surface area contributed by atoms with Gasteiger partial charge < -0.3 is 10.3 Å². The largest absolute Gasteiger partial charge is 0.418 e. The summed E-state index contributed by atoms with van der Waals surface area (Å²) in [5.74, 6) is -0.771. The minimum atomic E-state index is -4.63. The van der Waals surface area contributed by atoms with Gasteiger partial charge in [-0.1, -0.05) is 39.4 Å². The van der Waals surface area contributed by atoms with Gasteiger partial charge in [0.2, 0.25) is 5.96 Å². The number of guanidine groups is 1. The number of halogens is 4. The standard InChI is InChI=1S/C22H14BrF3N4O2S/c23-13-7-5-12(6-8-13)19(31)30-20(28-16-4-2-1-3-15(16)22(24,25)26)27-14-9-10-17-18(11-14)33-21(32)29-17/h1-11H,(H,29,32)(H2,27,28,30,31). The normalized spacial score (nSPS) is 12.1. The van der Waals surface area contributed by atoms with Gasteiger partial charge in [0.25, 0.3) is 5.91 Å². The molecule has 0 unspecified atom stereocenters. The minimum Gasteiger partial charge on any atom is -0.326 e. The van der Waals surface area contributed by atoms with Gasteiger partial charge in [0.15, 0.2) is 0 Å². The average Bonchev–Trinajstić information content (AvgIpc) is 3.13. The van der Waals surface area contributed by atoms with Crippen LogP contribution in [0.5, 0.6) is 0 Å². The van der Waals surface area contributed by atoms with Crippen molar-refractivity contribution in [3.8, 4) is 0 Å². The molecule has 4 aromatic rings. The molecule has 1 amide bonds. The minimum absolute atomic E-state index is 0.207. The van der Waals surface area contributed by atoms with Crippen LogP contribution in [0.3, 0.4) is 0 Å². The van der Waals surface area contributed by atoms with E-state index in [2.05, 4.69) is 36.5 Å². The zero-order chi connectivity index (χ0) is 23.6. The summed E-state index contributed by atoms with van der Waals surface area (Å²) < 4.78 is 41.8. The van der Waals surface area contributed by atoms with E-state index in [9.17, 15) is 22.8 Å². The number of benzene rings is 3. The molecule has 4 rings (SSSR count). The van der Waals surface area contributed by atoms with Gasteiger partial charge in [-0.25, -0.2) is 4.99 Å². The lowest BCUT2D eigenvalue weighted by Crippen LogP contribution is -2.35. The number of hydrogen-bond acceptors (Lipinski definition) is 4. The first-order valence-electron chi connectivity index (χ1n) is 9.41. The summed E-state index contributed by atoms with van der Waals surface area (Å²) in [6.45, 7) is 0. The van der Waals surface area contributed by atoms with Gasteiger partial charge in [0, 0.05) is 15.7 Å². The molecule has 0 radical (unpaired) electrons. The van der Waals surface area contributed by atoms with Crippen molar-refractivity contribution in [3.63, 3.8) is 0 Å². The number of para-hydroxylation sites is 1. The van der Waals surface area contributed by atoms with Crippen LogP contribution in [0.15, 0.2) is 81.0 Å². The number of thiazole rings is 1. The number of rotatable bonds is 3. The summed E-state index contributed by atoms with van der Waals surface area (Å²) in [6, 6.07) is 16.1. The van der Waals surface area contributed by atoms with E-state index in [0.717, 1.165) is 21.9 Å². The van der Waals surface area contributed by atoms with E-state index in [1.54, 1.807) is 42.5 Å². The highest BCUT2D eigenvalue weighted by Gasteiger charge is 2.33. The molecule has 0 bridgehead atoms. The Kier molecular flexibility index (Phi) is 6.34. The quantitative estimate of drug-likeness (QED) is 0.226. The number of aliphatic imine (C=N–C) groups is 1. The Labute approximate surface area is 197 Å². The monoisotopic (exact) mass is 534 g/mol. The zero-order valence-electron chi connectivity index (χ0n) is 16.5. The van der Waals surface area contributed by atoms with Crippen molar-refractivity contribution in [2.24, 2.45) is 4.99 Å². The Morgan fingerprint density at radius 2 is 1.76 bits per heavy atom. The smallest absolute Gasteiger partial charge is 0.326 e. The summed E-state index contributed by atoms with van der Waals surface area (Å²) in [4.78, 5) is 30.8. The number of anilines is 1. The SMILES string of the molecule is O=C(NC(=Nc1ccccc1C(F)(F)F)Nc1ccc2[nH]c(=O)sc2c1)c1ccc(Br)cc1. The maximum absolute atomic E-state index is 13.5. The van der Waals surface area contributed by atoms with Gasteiger partial charge >= 0.3 is 11.0 Å². The van der Waals surface area contributed by atoms with E-state index in [4.69, 9.17) is 0 Å². The van der Waals surface area contributed by atoms with Crippen LogP contribution < -0.4 is 15.5 Å². The number of fused-ring (bicyclic) bond motifs is 1. The third kappa shape index (κ3) is 5.49. The van der Waals surface area contributed by atoms with Gasteiger partial charge in [-0.05, 0) is 54.6 Å². The zero-order valence-corrected chi connectivity index (χ0v) is 18.9. The van der Waals surface area contributed by atoms with Crippen molar-refractivity contribution in [2.45, 2.75) is 6.18 Å². The van der Waals surface area contributed by atoms with Crippen molar-refractivity contribution >= 4 is 60.7 Å². The van der Waals surface area contributed by atoms with E-state index < -0.39 is 17.6 Å². The van der Waals surface area contributed by atoms with Crippen LogP contribution in [0.1, 0.15) is 15.9 Å². The molecule has 0 aliphatic heterocycles. The number of aromatic nitrogens is 1. The third-order valence-corrected chi connectivity index (χ3v) is 5.84. The third-order valence-electron chi connectivity index (χ3n) is 4.46. The van der Waals surface area contributed by atoms with Gasteiger partial charge in [-0.3, -0.25) is 14.9 Å². The number of hydrogen-bond donors (Lipinski definition) is 3. The van der Waals surface area contributed by atoms with Crippen molar-refractivity contribution < 1.29 is 18.0 Å². The molecule has 0 fully saturated rings. The fourth-order valence-corrected chi connectivity index (χ4v) is 4.00. The van der Waals surface area contributed by atoms with E-state index >= 15 is 0 Å². The lowest BCUT2D eigenvalue weighted by Gasteiger charge is -2.14. The Hall–Kier alpha value is -3.44. The maximum atomic E-state index is 13.5. The highest BCUT2D eigenvalue weighted by atomic mass is 79.9. The molecule has 33 heavy (non-hydrogen) atoms. The van der Waals surface area contributed by atoms with E-state index in [1.165, 1.54) is 18.2 Å².